The van der Waals surface area contributed by atoms with Crippen LogP contribution in [0, 0.1) is 11.8 Å². The highest BCUT2D eigenvalue weighted by atomic mass is 35.5. The molecule has 1 aliphatic heterocycles. The van der Waals surface area contributed by atoms with E-state index in [0.29, 0.717) is 28.6 Å². The van der Waals surface area contributed by atoms with E-state index in [2.05, 4.69) is 10.6 Å². The molecule has 2 rings (SSSR count). The highest BCUT2D eigenvalue weighted by Gasteiger charge is 2.25. The van der Waals surface area contributed by atoms with E-state index >= 15 is 0 Å². The fraction of sp³-hybridized carbons (Fsp3) is 0.579. The summed E-state index contributed by atoms with van der Waals surface area (Å²) >= 11 is 6.26. The summed E-state index contributed by atoms with van der Waals surface area (Å²) in [4.78, 5) is 26.7. The fourth-order valence-electron chi connectivity index (χ4n) is 3.22. The molecular formula is C19H28ClN3O2. The van der Waals surface area contributed by atoms with Gasteiger partial charge < -0.3 is 15.5 Å². The van der Waals surface area contributed by atoms with Crippen LogP contribution in [0.25, 0.3) is 0 Å². The van der Waals surface area contributed by atoms with Crippen LogP contribution in [0.1, 0.15) is 43.5 Å². The molecule has 5 nitrogen and oxygen atoms in total. The van der Waals surface area contributed by atoms with E-state index in [1.807, 2.05) is 25.8 Å². The number of hydrogen-bond acceptors (Lipinski definition) is 3. The first-order chi connectivity index (χ1) is 11.9. The number of nitrogens with zero attached hydrogens (tertiary/aromatic N) is 1. The number of nitrogens with one attached hydrogen (secondary N) is 2. The first kappa shape index (κ1) is 19.7. The number of amides is 2. The molecule has 6 heteroatoms. The van der Waals surface area contributed by atoms with Crippen molar-refractivity contribution in [3.8, 4) is 0 Å². The number of halogens is 1. The molecule has 2 amide bonds. The summed E-state index contributed by atoms with van der Waals surface area (Å²) in [7, 11) is 1.93. The van der Waals surface area contributed by atoms with Crippen LogP contribution in [-0.2, 0) is 4.79 Å². The molecular weight excluding hydrogens is 338 g/mol. The van der Waals surface area contributed by atoms with E-state index in [1.54, 1.807) is 18.2 Å². The number of carbonyl (C=O) groups excluding carboxylic acids is 2. The molecule has 1 atom stereocenters. The molecule has 1 unspecified atom stereocenters. The Bertz CT molecular complexity index is 617. The molecule has 1 aromatic carbocycles. The normalized spacial score (nSPS) is 17.6. The van der Waals surface area contributed by atoms with Crippen molar-refractivity contribution in [2.24, 2.45) is 11.8 Å². The molecule has 0 spiro atoms. The Balaban J connectivity index is 2.10. The van der Waals surface area contributed by atoms with Crippen LogP contribution in [0.3, 0.4) is 0 Å². The van der Waals surface area contributed by atoms with Crippen molar-refractivity contribution in [3.05, 3.63) is 28.8 Å². The van der Waals surface area contributed by atoms with Gasteiger partial charge in [0.25, 0.3) is 5.91 Å². The Kier molecular flexibility index (Phi) is 7.26. The quantitative estimate of drug-likeness (QED) is 0.812. The summed E-state index contributed by atoms with van der Waals surface area (Å²) in [5.74, 6) is 0.634. The zero-order valence-corrected chi connectivity index (χ0v) is 16.0. The minimum atomic E-state index is -0.0641. The lowest BCUT2D eigenvalue weighted by Crippen LogP contribution is -2.42. The molecule has 1 heterocycles. The van der Waals surface area contributed by atoms with Gasteiger partial charge in [-0.15, -0.1) is 0 Å². The third-order valence-electron chi connectivity index (χ3n) is 4.37. The summed E-state index contributed by atoms with van der Waals surface area (Å²) in [6.07, 6.45) is 2.58. The van der Waals surface area contributed by atoms with Gasteiger partial charge in [-0.3, -0.25) is 9.59 Å². The fourth-order valence-corrected chi connectivity index (χ4v) is 3.42. The lowest BCUT2D eigenvalue weighted by atomic mass is 9.97. The molecule has 0 bridgehead atoms. The number of anilines is 1. The third-order valence-corrected chi connectivity index (χ3v) is 4.70. The minimum Gasteiger partial charge on any atom is -0.338 e. The van der Waals surface area contributed by atoms with Crippen molar-refractivity contribution in [1.82, 2.24) is 10.2 Å². The maximum Gasteiger partial charge on any atom is 0.255 e. The van der Waals surface area contributed by atoms with E-state index in [1.165, 1.54) is 0 Å². The van der Waals surface area contributed by atoms with Gasteiger partial charge >= 0.3 is 0 Å². The number of rotatable bonds is 6. The maximum atomic E-state index is 12.9. The van der Waals surface area contributed by atoms with Crippen molar-refractivity contribution in [3.63, 3.8) is 0 Å². The molecule has 1 aliphatic rings. The molecule has 0 radical (unpaired) electrons. The van der Waals surface area contributed by atoms with Gasteiger partial charge in [0.1, 0.15) is 0 Å². The maximum absolute atomic E-state index is 12.9. The van der Waals surface area contributed by atoms with Crippen LogP contribution in [-0.4, -0.2) is 43.4 Å². The van der Waals surface area contributed by atoms with Gasteiger partial charge in [0.2, 0.25) is 5.91 Å². The first-order valence-electron chi connectivity index (χ1n) is 8.94. The van der Waals surface area contributed by atoms with E-state index in [4.69, 9.17) is 11.6 Å². The largest absolute Gasteiger partial charge is 0.338 e. The summed E-state index contributed by atoms with van der Waals surface area (Å²) < 4.78 is 0. The predicted molar refractivity (Wildman–Crippen MR) is 102 cm³/mol. The minimum absolute atomic E-state index is 0.0530. The lowest BCUT2D eigenvalue weighted by Gasteiger charge is -2.33. The Morgan fingerprint density at radius 1 is 1.36 bits per heavy atom. The van der Waals surface area contributed by atoms with Crippen LogP contribution in [0.4, 0.5) is 5.69 Å². The second kappa shape index (κ2) is 9.20. The van der Waals surface area contributed by atoms with Crippen LogP contribution >= 0.6 is 11.6 Å². The molecule has 0 aliphatic carbocycles. The third kappa shape index (κ3) is 5.72. The zero-order valence-electron chi connectivity index (χ0n) is 15.3. The SMILES string of the molecule is CNCC1CCCN(C(=O)c2cc(NC(=O)CC(C)C)ccc2Cl)C1. The number of hydrogen-bond donors (Lipinski definition) is 2. The van der Waals surface area contributed by atoms with Crippen LogP contribution in [0.2, 0.25) is 5.02 Å². The molecule has 25 heavy (non-hydrogen) atoms. The van der Waals surface area contributed by atoms with Gasteiger partial charge in [-0.05, 0) is 56.5 Å². The average molecular weight is 366 g/mol. The Morgan fingerprint density at radius 3 is 2.80 bits per heavy atom. The number of carbonyl (C=O) groups is 2. The van der Waals surface area contributed by atoms with Crippen LogP contribution in [0.15, 0.2) is 18.2 Å². The highest BCUT2D eigenvalue weighted by molar-refractivity contribution is 6.34. The van der Waals surface area contributed by atoms with Gasteiger partial charge in [0.05, 0.1) is 10.6 Å². The Morgan fingerprint density at radius 2 is 2.12 bits per heavy atom. The van der Waals surface area contributed by atoms with Crippen molar-refractivity contribution in [2.45, 2.75) is 33.1 Å². The van der Waals surface area contributed by atoms with Crippen LogP contribution < -0.4 is 10.6 Å². The van der Waals surface area contributed by atoms with Gasteiger partial charge in [-0.1, -0.05) is 25.4 Å². The predicted octanol–water partition coefficient (Wildman–Crippen LogP) is 3.40. The van der Waals surface area contributed by atoms with Crippen molar-refractivity contribution < 1.29 is 9.59 Å². The Labute approximate surface area is 155 Å². The molecule has 138 valence electrons. The Hall–Kier alpha value is -1.59. The highest BCUT2D eigenvalue weighted by Crippen LogP contribution is 2.25. The molecule has 2 N–H and O–H groups in total. The van der Waals surface area contributed by atoms with E-state index in [-0.39, 0.29) is 17.7 Å². The smallest absolute Gasteiger partial charge is 0.255 e. The van der Waals surface area contributed by atoms with E-state index in [0.717, 1.165) is 32.5 Å². The standard InChI is InChI=1S/C19H28ClN3O2/c1-13(2)9-18(24)22-15-6-7-17(20)16(10-15)19(25)23-8-4-5-14(12-23)11-21-3/h6-7,10,13-14,21H,4-5,8-9,11-12H2,1-3H3,(H,22,24). The van der Waals surface area contributed by atoms with Crippen molar-refractivity contribution >= 4 is 29.1 Å². The molecule has 1 saturated heterocycles. The summed E-state index contributed by atoms with van der Waals surface area (Å²) in [5, 5.41) is 6.45. The second-order valence-corrected chi connectivity index (χ2v) is 7.57. The van der Waals surface area contributed by atoms with Gasteiger partial charge in [0, 0.05) is 25.2 Å². The van der Waals surface area contributed by atoms with Crippen molar-refractivity contribution in [2.75, 3.05) is 32.0 Å². The van der Waals surface area contributed by atoms with Gasteiger partial charge in [-0.25, -0.2) is 0 Å². The van der Waals surface area contributed by atoms with E-state index < -0.39 is 0 Å². The average Bonchev–Trinajstić information content (AvgIpc) is 2.56. The van der Waals surface area contributed by atoms with Crippen LogP contribution in [0.5, 0.6) is 0 Å². The topological polar surface area (TPSA) is 61.4 Å². The number of piperidine rings is 1. The van der Waals surface area contributed by atoms with Gasteiger partial charge in [0.15, 0.2) is 0 Å². The first-order valence-corrected chi connectivity index (χ1v) is 9.31. The molecule has 1 fully saturated rings. The summed E-state index contributed by atoms with van der Waals surface area (Å²) in [6.45, 7) is 6.38. The zero-order chi connectivity index (χ0) is 18.4. The van der Waals surface area contributed by atoms with Crippen molar-refractivity contribution in [1.29, 1.82) is 0 Å². The van der Waals surface area contributed by atoms with E-state index in [9.17, 15) is 9.59 Å². The summed E-state index contributed by atoms with van der Waals surface area (Å²) in [6, 6.07) is 5.09. The number of benzene rings is 1. The lowest BCUT2D eigenvalue weighted by molar-refractivity contribution is -0.116. The summed E-state index contributed by atoms with van der Waals surface area (Å²) in [5.41, 5.74) is 1.07. The monoisotopic (exact) mass is 365 g/mol. The molecule has 1 aromatic rings. The van der Waals surface area contributed by atoms with Gasteiger partial charge in [-0.2, -0.15) is 0 Å². The molecule has 0 aromatic heterocycles. The second-order valence-electron chi connectivity index (χ2n) is 7.16. The molecule has 0 saturated carbocycles. The number of likely N-dealkylation sites (tertiary alicyclic amines) is 1.